The van der Waals surface area contributed by atoms with Crippen LogP contribution in [0.1, 0.15) is 17.3 Å². The van der Waals surface area contributed by atoms with Gasteiger partial charge < -0.3 is 26.8 Å². The van der Waals surface area contributed by atoms with Gasteiger partial charge in [-0.25, -0.2) is 0 Å². The van der Waals surface area contributed by atoms with Gasteiger partial charge in [-0.2, -0.15) is 0 Å². The Kier molecular flexibility index (Phi) is 5.85. The number of ether oxygens (including phenoxy) is 2. The highest BCUT2D eigenvalue weighted by Gasteiger charge is 2.45. The number of nitro groups is 1. The van der Waals surface area contributed by atoms with Gasteiger partial charge in [0.1, 0.15) is 25.1 Å². The third-order valence-corrected chi connectivity index (χ3v) is 4.86. The van der Waals surface area contributed by atoms with Crippen LogP contribution in [-0.2, 0) is 4.74 Å². The predicted octanol–water partition coefficient (Wildman–Crippen LogP) is -2.14. The number of nitro benzene ring substituents is 1. The number of carbonyl (C=O) groups is 1. The number of quaternary nitrogens is 1. The molecule has 0 aromatic heterocycles. The molecule has 0 saturated carbocycles. The molecule has 7 nitrogen and oxygen atoms in total. The number of halogens is 2. The van der Waals surface area contributed by atoms with Crippen molar-refractivity contribution in [3.63, 3.8) is 0 Å². The summed E-state index contributed by atoms with van der Waals surface area (Å²) >= 11 is 3.24. The second-order valence-corrected chi connectivity index (χ2v) is 7.19. The SMILES string of the molecule is CC1(C[NH+]2CCOCC2)COc2c(cc(Br)cc2[N+](=O)[O-])C1=O.[Cl-]. The molecule has 1 unspecified atom stereocenters. The number of fused-ring (bicyclic) bond motifs is 1. The van der Waals surface area contributed by atoms with Gasteiger partial charge in [-0.1, -0.05) is 15.9 Å². The standard InChI is InChI=1S/C15H17BrN2O5.ClH/c1-15(8-17-2-4-22-5-3-17)9-23-13-11(14(15)19)6-10(16)7-12(13)18(20)21;/h6-7H,2-5,8-9H2,1H3;1H. The van der Waals surface area contributed by atoms with E-state index in [2.05, 4.69) is 15.9 Å². The van der Waals surface area contributed by atoms with Crippen LogP contribution in [0.25, 0.3) is 0 Å². The lowest BCUT2D eigenvalue weighted by molar-refractivity contribution is -0.913. The predicted molar refractivity (Wildman–Crippen MR) is 85.1 cm³/mol. The van der Waals surface area contributed by atoms with Crippen molar-refractivity contribution in [2.75, 3.05) is 39.5 Å². The van der Waals surface area contributed by atoms with Gasteiger partial charge in [-0.05, 0) is 13.0 Å². The normalized spacial score (nSPS) is 23.8. The molecule has 0 bridgehead atoms. The van der Waals surface area contributed by atoms with Gasteiger partial charge >= 0.3 is 5.69 Å². The third-order valence-electron chi connectivity index (χ3n) is 4.40. The Morgan fingerprint density at radius 1 is 1.38 bits per heavy atom. The molecule has 0 radical (unpaired) electrons. The molecule has 2 heterocycles. The first kappa shape index (κ1) is 19.1. The number of Topliss-reactive ketones (excluding diaryl/α,β-unsaturated/α-hetero) is 1. The molecule has 2 aliphatic rings. The van der Waals surface area contributed by atoms with Crippen molar-refractivity contribution in [2.45, 2.75) is 6.92 Å². The number of carbonyl (C=O) groups excluding carboxylic acids is 1. The molecule has 0 amide bonds. The minimum absolute atomic E-state index is 0. The van der Waals surface area contributed by atoms with Crippen molar-refractivity contribution in [1.82, 2.24) is 0 Å². The van der Waals surface area contributed by atoms with E-state index in [0.717, 1.165) is 13.1 Å². The first-order valence-electron chi connectivity index (χ1n) is 7.47. The van der Waals surface area contributed by atoms with Gasteiger partial charge in [0.25, 0.3) is 0 Å². The summed E-state index contributed by atoms with van der Waals surface area (Å²) in [4.78, 5) is 24.9. The van der Waals surface area contributed by atoms with Crippen LogP contribution in [0.3, 0.4) is 0 Å². The van der Waals surface area contributed by atoms with E-state index in [4.69, 9.17) is 9.47 Å². The molecule has 132 valence electrons. The second-order valence-electron chi connectivity index (χ2n) is 6.28. The minimum atomic E-state index is -0.686. The molecular formula is C15H18BrClN2O5. The van der Waals surface area contributed by atoms with Crippen LogP contribution in [0.15, 0.2) is 16.6 Å². The minimum Gasteiger partial charge on any atom is -1.00 e. The molecular weight excluding hydrogens is 404 g/mol. The van der Waals surface area contributed by atoms with Crippen LogP contribution < -0.4 is 22.0 Å². The highest BCUT2D eigenvalue weighted by molar-refractivity contribution is 9.10. The van der Waals surface area contributed by atoms with Crippen molar-refractivity contribution in [3.05, 3.63) is 32.3 Å². The number of morpholine rings is 1. The fourth-order valence-electron chi connectivity index (χ4n) is 3.18. The largest absolute Gasteiger partial charge is 1.00 e. The van der Waals surface area contributed by atoms with Gasteiger partial charge in [0.2, 0.25) is 5.75 Å². The number of nitrogens with zero attached hydrogens (tertiary/aromatic N) is 1. The average molecular weight is 422 g/mol. The van der Waals surface area contributed by atoms with Crippen molar-refractivity contribution in [2.24, 2.45) is 5.41 Å². The summed E-state index contributed by atoms with van der Waals surface area (Å²) in [6.45, 7) is 5.75. The fourth-order valence-corrected chi connectivity index (χ4v) is 3.62. The molecule has 0 spiro atoms. The lowest BCUT2D eigenvalue weighted by Crippen LogP contribution is -3.15. The van der Waals surface area contributed by atoms with E-state index in [-0.39, 0.29) is 41.8 Å². The Balaban J connectivity index is 0.00000208. The van der Waals surface area contributed by atoms with Crippen LogP contribution >= 0.6 is 15.9 Å². The number of ketones is 1. The fraction of sp³-hybridized carbons (Fsp3) is 0.533. The monoisotopic (exact) mass is 420 g/mol. The van der Waals surface area contributed by atoms with Gasteiger partial charge in [0.15, 0.2) is 5.78 Å². The molecule has 1 aromatic carbocycles. The zero-order valence-corrected chi connectivity index (χ0v) is 15.5. The molecule has 24 heavy (non-hydrogen) atoms. The molecule has 1 atom stereocenters. The summed E-state index contributed by atoms with van der Waals surface area (Å²) in [6.07, 6.45) is 0. The number of benzene rings is 1. The van der Waals surface area contributed by atoms with Crippen molar-refractivity contribution in [3.8, 4) is 5.75 Å². The Hall–Kier alpha value is -1.22. The molecule has 3 rings (SSSR count). The molecule has 2 aliphatic heterocycles. The van der Waals surface area contributed by atoms with E-state index in [1.54, 1.807) is 6.07 Å². The Bertz CT molecular complexity index is 666. The highest BCUT2D eigenvalue weighted by Crippen LogP contribution is 2.41. The summed E-state index contributed by atoms with van der Waals surface area (Å²) in [7, 11) is 0. The van der Waals surface area contributed by atoms with E-state index >= 15 is 0 Å². The van der Waals surface area contributed by atoms with E-state index in [1.165, 1.54) is 11.0 Å². The number of nitrogens with one attached hydrogen (secondary N) is 1. The molecule has 1 aromatic rings. The lowest BCUT2D eigenvalue weighted by atomic mass is 9.80. The smallest absolute Gasteiger partial charge is 0.312 e. The first-order valence-corrected chi connectivity index (χ1v) is 8.27. The summed E-state index contributed by atoms with van der Waals surface area (Å²) < 4.78 is 11.5. The van der Waals surface area contributed by atoms with Crippen LogP contribution in [0.4, 0.5) is 5.69 Å². The number of hydrogen-bond acceptors (Lipinski definition) is 5. The van der Waals surface area contributed by atoms with Gasteiger partial charge in [0, 0.05) is 10.5 Å². The van der Waals surface area contributed by atoms with E-state index in [1.807, 2.05) is 6.92 Å². The Labute approximate surface area is 154 Å². The van der Waals surface area contributed by atoms with Crippen LogP contribution in [0.5, 0.6) is 5.75 Å². The highest BCUT2D eigenvalue weighted by atomic mass is 79.9. The van der Waals surface area contributed by atoms with Crippen LogP contribution in [0.2, 0.25) is 0 Å². The first-order chi connectivity index (χ1) is 10.9. The summed E-state index contributed by atoms with van der Waals surface area (Å²) in [6, 6.07) is 2.97. The average Bonchev–Trinajstić information content (AvgIpc) is 2.52. The Morgan fingerprint density at radius 3 is 2.67 bits per heavy atom. The topological polar surface area (TPSA) is 83.1 Å². The maximum Gasteiger partial charge on any atom is 0.312 e. The Morgan fingerprint density at radius 2 is 2.04 bits per heavy atom. The molecule has 0 aliphatic carbocycles. The molecule has 9 heteroatoms. The maximum absolute atomic E-state index is 13.0. The number of rotatable bonds is 3. The van der Waals surface area contributed by atoms with Gasteiger partial charge in [-0.15, -0.1) is 0 Å². The molecule has 1 fully saturated rings. The summed E-state index contributed by atoms with van der Waals surface area (Å²) in [5, 5.41) is 11.2. The zero-order chi connectivity index (χ0) is 16.6. The molecule has 1 saturated heterocycles. The van der Waals surface area contributed by atoms with Crippen LogP contribution in [0, 0.1) is 15.5 Å². The van der Waals surface area contributed by atoms with Crippen molar-refractivity contribution < 1.29 is 36.5 Å². The van der Waals surface area contributed by atoms with Gasteiger partial charge in [-0.3, -0.25) is 14.9 Å². The van der Waals surface area contributed by atoms with Crippen molar-refractivity contribution in [1.29, 1.82) is 0 Å². The van der Waals surface area contributed by atoms with Crippen molar-refractivity contribution >= 4 is 27.4 Å². The lowest BCUT2D eigenvalue weighted by Gasteiger charge is -2.36. The number of hydrogen-bond donors (Lipinski definition) is 1. The van der Waals surface area contributed by atoms with Gasteiger partial charge in [0.05, 0.1) is 30.2 Å². The summed E-state index contributed by atoms with van der Waals surface area (Å²) in [5.74, 6) is -0.0141. The van der Waals surface area contributed by atoms with E-state index in [0.29, 0.717) is 24.2 Å². The third kappa shape index (κ3) is 3.56. The zero-order valence-electron chi connectivity index (χ0n) is 13.1. The van der Waals surface area contributed by atoms with E-state index in [9.17, 15) is 14.9 Å². The maximum atomic E-state index is 13.0. The summed E-state index contributed by atoms with van der Waals surface area (Å²) in [5.41, 5.74) is -0.579. The quantitative estimate of drug-likeness (QED) is 0.445. The molecule has 1 N–H and O–H groups in total. The van der Waals surface area contributed by atoms with Crippen LogP contribution in [-0.4, -0.2) is 50.2 Å². The second kappa shape index (κ2) is 7.35. The van der Waals surface area contributed by atoms with E-state index < -0.39 is 10.3 Å².